The van der Waals surface area contributed by atoms with Crippen molar-refractivity contribution in [3.63, 3.8) is 0 Å². The molecule has 5 aliphatic rings. The second kappa shape index (κ2) is 7.78. The molecule has 0 amide bonds. The lowest BCUT2D eigenvalue weighted by molar-refractivity contribution is -0.240. The molecule has 0 aromatic heterocycles. The lowest BCUT2D eigenvalue weighted by Gasteiger charge is -2.63. The number of thiocarbonyl (C=S) groups is 1. The number of ether oxygens (including phenoxy) is 3. The van der Waals surface area contributed by atoms with Crippen molar-refractivity contribution < 1.29 is 32.9 Å². The maximum atomic E-state index is 17.5. The maximum absolute atomic E-state index is 17.5. The van der Waals surface area contributed by atoms with Crippen molar-refractivity contribution in [3.8, 4) is 5.75 Å². The Morgan fingerprint density at radius 2 is 1.84 bits per heavy atom. The lowest BCUT2D eigenvalue weighted by atomic mass is 9.44. The van der Waals surface area contributed by atoms with Gasteiger partial charge < -0.3 is 19.3 Å². The zero-order chi connectivity index (χ0) is 26.6. The summed E-state index contributed by atoms with van der Waals surface area (Å²) in [5.74, 6) is -2.08. The van der Waals surface area contributed by atoms with Gasteiger partial charge in [-0.25, -0.2) is 8.78 Å². The predicted molar refractivity (Wildman–Crippen MR) is 136 cm³/mol. The Labute approximate surface area is 220 Å². The molecule has 9 atom stereocenters. The number of benzene rings is 1. The van der Waals surface area contributed by atoms with Gasteiger partial charge in [0.1, 0.15) is 11.9 Å². The van der Waals surface area contributed by atoms with Crippen LogP contribution in [0.5, 0.6) is 5.75 Å². The maximum Gasteiger partial charge on any atom is 0.202 e. The van der Waals surface area contributed by atoms with Crippen molar-refractivity contribution >= 4 is 23.1 Å². The van der Waals surface area contributed by atoms with E-state index in [0.717, 1.165) is 0 Å². The number of ketones is 1. The second-order valence-electron chi connectivity index (χ2n) is 12.1. The third-order valence-electron chi connectivity index (χ3n) is 9.88. The molecule has 1 N–H and O–H groups in total. The van der Waals surface area contributed by atoms with Gasteiger partial charge >= 0.3 is 0 Å². The smallest absolute Gasteiger partial charge is 0.202 e. The van der Waals surface area contributed by atoms with Crippen molar-refractivity contribution in [2.45, 2.75) is 82.4 Å². The van der Waals surface area contributed by atoms with Crippen molar-refractivity contribution in [3.05, 3.63) is 54.1 Å². The third kappa shape index (κ3) is 3.10. The minimum Gasteiger partial charge on any atom is -0.447 e. The summed E-state index contributed by atoms with van der Waals surface area (Å²) in [6.45, 7) is 7.13. The van der Waals surface area contributed by atoms with Gasteiger partial charge in [-0.1, -0.05) is 31.2 Å². The number of hydrogen-bond donors (Lipinski definition) is 1. The lowest BCUT2D eigenvalue weighted by Crippen LogP contribution is -2.71. The average Bonchev–Trinajstić information content (AvgIpc) is 3.24. The van der Waals surface area contributed by atoms with Crippen LogP contribution in [0.3, 0.4) is 0 Å². The van der Waals surface area contributed by atoms with Gasteiger partial charge in [-0.15, -0.1) is 0 Å². The molecule has 198 valence electrons. The molecule has 3 saturated carbocycles. The number of aliphatic hydroxyl groups excluding tert-OH is 1. The normalized spacial score (nSPS) is 47.4. The Morgan fingerprint density at radius 3 is 2.54 bits per heavy atom. The van der Waals surface area contributed by atoms with Gasteiger partial charge in [0.05, 0.1) is 12.2 Å². The van der Waals surface area contributed by atoms with Crippen LogP contribution >= 0.6 is 12.2 Å². The highest BCUT2D eigenvalue weighted by molar-refractivity contribution is 7.80. The molecule has 8 heteroatoms. The number of rotatable bonds is 2. The van der Waals surface area contributed by atoms with Crippen molar-refractivity contribution in [1.29, 1.82) is 0 Å². The van der Waals surface area contributed by atoms with Gasteiger partial charge in [0.2, 0.25) is 5.05 Å². The molecular weight excluding hydrogens is 498 g/mol. The van der Waals surface area contributed by atoms with Crippen LogP contribution in [-0.4, -0.2) is 51.4 Å². The zero-order valence-electron chi connectivity index (χ0n) is 21.4. The first-order chi connectivity index (χ1) is 17.3. The van der Waals surface area contributed by atoms with Crippen LogP contribution in [0.1, 0.15) is 47.0 Å². The second-order valence-corrected chi connectivity index (χ2v) is 12.5. The minimum absolute atomic E-state index is 0.0144. The number of para-hydroxylation sites is 1. The Balaban J connectivity index is 1.46. The monoisotopic (exact) mass is 530 g/mol. The first-order valence-corrected chi connectivity index (χ1v) is 13.3. The minimum atomic E-state index is -2.18. The molecule has 37 heavy (non-hydrogen) atoms. The number of fused-ring (bicyclic) bond motifs is 7. The Kier molecular flexibility index (Phi) is 5.32. The molecule has 1 saturated heterocycles. The number of aliphatic hydroxyl groups is 1. The molecule has 1 aromatic carbocycles. The van der Waals surface area contributed by atoms with E-state index >= 15 is 8.78 Å². The highest BCUT2D eigenvalue weighted by Gasteiger charge is 2.80. The molecule has 1 aliphatic heterocycles. The molecule has 4 aliphatic carbocycles. The van der Waals surface area contributed by atoms with E-state index in [1.807, 2.05) is 25.1 Å². The van der Waals surface area contributed by atoms with Gasteiger partial charge in [0.15, 0.2) is 22.8 Å². The Hall–Kier alpha value is -2.00. The molecule has 4 fully saturated rings. The summed E-state index contributed by atoms with van der Waals surface area (Å²) in [5.41, 5.74) is -5.68. The standard InChI is InChI=1S/C29H32F2O5S/c1-25(2)35-23-14-18-19-13-21(30)20-12-16(32)10-11-26(20,3)28(19,31)22(33)15-27(18,4)29(23,36-25)24(37)34-17-8-6-5-7-9-17/h5-12,18-19,21-23,33H,13-15H2,1-4H3/t18-,19-,21-,22-,23+,26-,27-,28-,29-/m0/s1. The molecule has 0 radical (unpaired) electrons. The summed E-state index contributed by atoms with van der Waals surface area (Å²) in [4.78, 5) is 12.1. The Morgan fingerprint density at radius 1 is 1.14 bits per heavy atom. The average molecular weight is 531 g/mol. The quantitative estimate of drug-likeness (QED) is 0.530. The summed E-state index contributed by atoms with van der Waals surface area (Å²) in [6, 6.07) is 9.11. The number of alkyl halides is 2. The molecular formula is C29H32F2O5S. The van der Waals surface area contributed by atoms with Gasteiger partial charge in [0.25, 0.3) is 0 Å². The van der Waals surface area contributed by atoms with Crippen LogP contribution in [0.15, 0.2) is 54.1 Å². The van der Waals surface area contributed by atoms with E-state index in [2.05, 4.69) is 0 Å². The fourth-order valence-corrected chi connectivity index (χ4v) is 8.83. The SMILES string of the molecule is CC1(C)O[C@@H]2C[C@H]3[C@@H]4C[C@H](F)C5=CC(=O)C=C[C@]5(C)[C@@]4(F)[C@@H](O)C[C@]3(C)[C@]2(C(=S)Oc2ccccc2)O1. The van der Waals surface area contributed by atoms with E-state index < -0.39 is 58.1 Å². The van der Waals surface area contributed by atoms with Crippen LogP contribution in [0.4, 0.5) is 8.78 Å². The van der Waals surface area contributed by atoms with Crippen molar-refractivity contribution in [2.24, 2.45) is 22.7 Å². The fourth-order valence-electron chi connectivity index (χ4n) is 8.32. The van der Waals surface area contributed by atoms with Gasteiger partial charge in [-0.05, 0) is 88.0 Å². The van der Waals surface area contributed by atoms with Crippen LogP contribution in [-0.2, 0) is 14.3 Å². The van der Waals surface area contributed by atoms with Crippen LogP contribution in [0.2, 0.25) is 0 Å². The van der Waals surface area contributed by atoms with Gasteiger partial charge in [-0.3, -0.25) is 4.79 Å². The highest BCUT2D eigenvalue weighted by atomic mass is 32.1. The summed E-state index contributed by atoms with van der Waals surface area (Å²) in [6.07, 6.45) is 0.647. The van der Waals surface area contributed by atoms with E-state index in [0.29, 0.717) is 12.2 Å². The topological polar surface area (TPSA) is 65.0 Å². The number of hydrogen-bond acceptors (Lipinski definition) is 6. The van der Waals surface area contributed by atoms with E-state index in [1.165, 1.54) is 18.2 Å². The third-order valence-corrected chi connectivity index (χ3v) is 10.3. The van der Waals surface area contributed by atoms with E-state index in [1.54, 1.807) is 32.9 Å². The van der Waals surface area contributed by atoms with E-state index in [4.69, 9.17) is 26.4 Å². The first-order valence-electron chi connectivity index (χ1n) is 12.9. The molecule has 5 nitrogen and oxygen atoms in total. The number of allylic oxidation sites excluding steroid dienone is 4. The molecule has 6 rings (SSSR count). The molecule has 0 unspecified atom stereocenters. The highest BCUT2D eigenvalue weighted by Crippen LogP contribution is 2.72. The van der Waals surface area contributed by atoms with Crippen molar-refractivity contribution in [1.82, 2.24) is 0 Å². The summed E-state index contributed by atoms with van der Waals surface area (Å²) in [5, 5.41) is 11.8. The van der Waals surface area contributed by atoms with Gasteiger partial charge in [0, 0.05) is 16.7 Å². The van der Waals surface area contributed by atoms with Crippen LogP contribution in [0.25, 0.3) is 0 Å². The number of carbonyl (C=O) groups excluding carboxylic acids is 1. The first kappa shape index (κ1) is 25.3. The molecule has 0 bridgehead atoms. The molecule has 0 spiro atoms. The predicted octanol–water partition coefficient (Wildman–Crippen LogP) is 5.21. The Bertz CT molecular complexity index is 1230. The zero-order valence-corrected chi connectivity index (χ0v) is 22.2. The largest absolute Gasteiger partial charge is 0.447 e. The molecule has 1 aromatic rings. The molecule has 1 heterocycles. The summed E-state index contributed by atoms with van der Waals surface area (Å²) >= 11 is 5.90. The van der Waals surface area contributed by atoms with E-state index in [-0.39, 0.29) is 29.2 Å². The van der Waals surface area contributed by atoms with Crippen LogP contribution in [0, 0.1) is 22.7 Å². The van der Waals surface area contributed by atoms with Crippen LogP contribution < -0.4 is 4.74 Å². The van der Waals surface area contributed by atoms with Crippen molar-refractivity contribution in [2.75, 3.05) is 0 Å². The summed E-state index contributed by atoms with van der Waals surface area (Å²) < 4.78 is 52.3. The van der Waals surface area contributed by atoms with Gasteiger partial charge in [-0.2, -0.15) is 0 Å². The number of halogens is 2. The summed E-state index contributed by atoms with van der Waals surface area (Å²) in [7, 11) is 0. The van der Waals surface area contributed by atoms with E-state index in [9.17, 15) is 9.90 Å². The fraction of sp³-hybridized carbons (Fsp3) is 0.586. The number of carbonyl (C=O) groups is 1.